The maximum absolute atomic E-state index is 12.3. The van der Waals surface area contributed by atoms with Crippen LogP contribution in [0.25, 0.3) is 0 Å². The van der Waals surface area contributed by atoms with Crippen LogP contribution in [0.4, 0.5) is 5.69 Å². The van der Waals surface area contributed by atoms with E-state index < -0.39 is 6.04 Å². The molecule has 0 aromatic heterocycles. The number of carbonyl (C=O) groups excluding carboxylic acids is 1. The Labute approximate surface area is 148 Å². The first-order valence-electron chi connectivity index (χ1n) is 7.97. The number of methoxy groups -OCH3 is 3. The number of carbonyl (C=O) groups is 1. The van der Waals surface area contributed by atoms with Crippen molar-refractivity contribution in [3.05, 3.63) is 48.0 Å². The molecule has 6 nitrogen and oxygen atoms in total. The Kier molecular flexibility index (Phi) is 6.51. The molecule has 2 aromatic rings. The second-order valence-electron chi connectivity index (χ2n) is 5.47. The van der Waals surface area contributed by atoms with Gasteiger partial charge in [0.25, 0.3) is 0 Å². The van der Waals surface area contributed by atoms with Gasteiger partial charge >= 0.3 is 0 Å². The van der Waals surface area contributed by atoms with Crippen molar-refractivity contribution in [3.63, 3.8) is 0 Å². The third-order valence-corrected chi connectivity index (χ3v) is 3.79. The number of para-hydroxylation sites is 2. The topological polar surface area (TPSA) is 68.8 Å². The van der Waals surface area contributed by atoms with Gasteiger partial charge in [0.2, 0.25) is 5.91 Å². The standard InChI is InChI=1S/C19H24N2O4/c1-13(21-15-7-5-6-8-16(15)23-2)19(22)20-12-14-9-10-17(24-3)18(11-14)25-4/h5-11,13,21H,12H2,1-4H3,(H,20,22)/t13-/m0/s1. The van der Waals surface area contributed by atoms with Gasteiger partial charge in [-0.1, -0.05) is 18.2 Å². The first-order chi connectivity index (χ1) is 12.1. The van der Waals surface area contributed by atoms with Gasteiger partial charge in [-0.25, -0.2) is 0 Å². The average molecular weight is 344 g/mol. The van der Waals surface area contributed by atoms with E-state index in [0.717, 1.165) is 11.3 Å². The number of hydrogen-bond acceptors (Lipinski definition) is 5. The molecular formula is C19H24N2O4. The maximum atomic E-state index is 12.3. The predicted octanol–water partition coefficient (Wildman–Crippen LogP) is 2.83. The number of hydrogen-bond donors (Lipinski definition) is 2. The van der Waals surface area contributed by atoms with Crippen molar-refractivity contribution in [2.75, 3.05) is 26.6 Å². The summed E-state index contributed by atoms with van der Waals surface area (Å²) in [6, 6.07) is 12.6. The van der Waals surface area contributed by atoms with Gasteiger partial charge in [-0.15, -0.1) is 0 Å². The summed E-state index contributed by atoms with van der Waals surface area (Å²) >= 11 is 0. The lowest BCUT2D eigenvalue weighted by Crippen LogP contribution is -2.37. The molecule has 0 saturated carbocycles. The minimum Gasteiger partial charge on any atom is -0.495 e. The molecule has 1 atom stereocenters. The minimum absolute atomic E-state index is 0.110. The monoisotopic (exact) mass is 344 g/mol. The number of ether oxygens (including phenoxy) is 3. The van der Waals surface area contributed by atoms with E-state index in [-0.39, 0.29) is 5.91 Å². The van der Waals surface area contributed by atoms with Crippen LogP contribution >= 0.6 is 0 Å². The van der Waals surface area contributed by atoms with Crippen LogP contribution in [-0.2, 0) is 11.3 Å². The van der Waals surface area contributed by atoms with E-state index >= 15 is 0 Å². The van der Waals surface area contributed by atoms with E-state index in [1.165, 1.54) is 0 Å². The zero-order chi connectivity index (χ0) is 18.2. The number of benzene rings is 2. The van der Waals surface area contributed by atoms with Gasteiger partial charge in [-0.05, 0) is 36.8 Å². The second-order valence-corrected chi connectivity index (χ2v) is 5.47. The SMILES string of the molecule is COc1ccccc1N[C@@H](C)C(=O)NCc1ccc(OC)c(OC)c1. The van der Waals surface area contributed by atoms with E-state index in [9.17, 15) is 4.79 Å². The summed E-state index contributed by atoms with van der Waals surface area (Å²) in [6.45, 7) is 2.20. The molecule has 0 aliphatic carbocycles. The molecule has 2 rings (SSSR count). The van der Waals surface area contributed by atoms with Gasteiger partial charge in [0.05, 0.1) is 27.0 Å². The Bertz CT molecular complexity index is 718. The highest BCUT2D eigenvalue weighted by atomic mass is 16.5. The molecule has 2 aromatic carbocycles. The van der Waals surface area contributed by atoms with Crippen molar-refractivity contribution in [3.8, 4) is 17.2 Å². The molecule has 0 aliphatic rings. The van der Waals surface area contributed by atoms with Crippen LogP contribution in [0.15, 0.2) is 42.5 Å². The molecule has 0 heterocycles. The van der Waals surface area contributed by atoms with Crippen LogP contribution in [-0.4, -0.2) is 33.3 Å². The summed E-state index contributed by atoms with van der Waals surface area (Å²) < 4.78 is 15.8. The molecule has 0 bridgehead atoms. The van der Waals surface area contributed by atoms with Crippen molar-refractivity contribution in [1.29, 1.82) is 0 Å². The van der Waals surface area contributed by atoms with E-state index in [4.69, 9.17) is 14.2 Å². The molecule has 1 amide bonds. The third-order valence-electron chi connectivity index (χ3n) is 3.79. The van der Waals surface area contributed by atoms with Gasteiger partial charge in [0.15, 0.2) is 11.5 Å². The van der Waals surface area contributed by atoms with Gasteiger partial charge in [0.1, 0.15) is 11.8 Å². The molecule has 2 N–H and O–H groups in total. The van der Waals surface area contributed by atoms with E-state index in [1.54, 1.807) is 28.3 Å². The summed E-state index contributed by atoms with van der Waals surface area (Å²) in [5, 5.41) is 6.06. The normalized spacial score (nSPS) is 11.4. The van der Waals surface area contributed by atoms with Crippen LogP contribution in [0.5, 0.6) is 17.2 Å². The van der Waals surface area contributed by atoms with E-state index in [1.807, 2.05) is 42.5 Å². The van der Waals surface area contributed by atoms with Crippen molar-refractivity contribution in [1.82, 2.24) is 5.32 Å². The number of amides is 1. The smallest absolute Gasteiger partial charge is 0.242 e. The fraction of sp³-hybridized carbons (Fsp3) is 0.316. The van der Waals surface area contributed by atoms with Crippen LogP contribution in [0.2, 0.25) is 0 Å². The first kappa shape index (κ1) is 18.4. The Morgan fingerprint density at radius 3 is 2.32 bits per heavy atom. The highest BCUT2D eigenvalue weighted by Gasteiger charge is 2.14. The van der Waals surface area contributed by atoms with Crippen molar-refractivity contribution >= 4 is 11.6 Å². The van der Waals surface area contributed by atoms with Gasteiger partial charge in [0, 0.05) is 6.54 Å². The highest BCUT2D eigenvalue weighted by Crippen LogP contribution is 2.27. The number of anilines is 1. The number of rotatable bonds is 8. The van der Waals surface area contributed by atoms with Gasteiger partial charge < -0.3 is 24.8 Å². The Hall–Kier alpha value is -2.89. The van der Waals surface area contributed by atoms with Gasteiger partial charge in [-0.2, -0.15) is 0 Å². The van der Waals surface area contributed by atoms with Gasteiger partial charge in [-0.3, -0.25) is 4.79 Å². The number of nitrogens with one attached hydrogen (secondary N) is 2. The molecule has 0 saturated heterocycles. The second kappa shape index (κ2) is 8.82. The van der Waals surface area contributed by atoms with Crippen LogP contribution in [0.3, 0.4) is 0 Å². The Morgan fingerprint density at radius 2 is 1.64 bits per heavy atom. The lowest BCUT2D eigenvalue weighted by atomic mass is 10.2. The maximum Gasteiger partial charge on any atom is 0.242 e. The molecule has 6 heteroatoms. The highest BCUT2D eigenvalue weighted by molar-refractivity contribution is 5.84. The zero-order valence-corrected chi connectivity index (χ0v) is 15.0. The quantitative estimate of drug-likeness (QED) is 0.771. The Morgan fingerprint density at radius 1 is 0.960 bits per heavy atom. The largest absolute Gasteiger partial charge is 0.495 e. The van der Waals surface area contributed by atoms with Crippen LogP contribution in [0.1, 0.15) is 12.5 Å². The fourth-order valence-corrected chi connectivity index (χ4v) is 2.40. The predicted molar refractivity (Wildman–Crippen MR) is 97.5 cm³/mol. The molecule has 0 spiro atoms. The summed E-state index contributed by atoms with van der Waals surface area (Å²) in [5.74, 6) is 1.88. The van der Waals surface area contributed by atoms with Crippen LogP contribution < -0.4 is 24.8 Å². The van der Waals surface area contributed by atoms with E-state index in [0.29, 0.717) is 23.8 Å². The molecule has 134 valence electrons. The Balaban J connectivity index is 1.95. The average Bonchev–Trinajstić information content (AvgIpc) is 2.66. The summed E-state index contributed by atoms with van der Waals surface area (Å²) in [7, 11) is 4.77. The summed E-state index contributed by atoms with van der Waals surface area (Å²) in [5.41, 5.74) is 1.70. The van der Waals surface area contributed by atoms with E-state index in [2.05, 4.69) is 10.6 Å². The first-order valence-corrected chi connectivity index (χ1v) is 7.97. The minimum atomic E-state index is -0.406. The van der Waals surface area contributed by atoms with Crippen molar-refractivity contribution in [2.24, 2.45) is 0 Å². The molecule has 25 heavy (non-hydrogen) atoms. The third kappa shape index (κ3) is 4.79. The molecule has 0 unspecified atom stereocenters. The summed E-state index contributed by atoms with van der Waals surface area (Å²) in [6.07, 6.45) is 0. The van der Waals surface area contributed by atoms with Crippen molar-refractivity contribution in [2.45, 2.75) is 19.5 Å². The molecule has 0 fully saturated rings. The fourth-order valence-electron chi connectivity index (χ4n) is 2.40. The lowest BCUT2D eigenvalue weighted by Gasteiger charge is -2.17. The molecule has 0 radical (unpaired) electrons. The molecule has 0 aliphatic heterocycles. The summed E-state index contributed by atoms with van der Waals surface area (Å²) in [4.78, 5) is 12.3. The van der Waals surface area contributed by atoms with Crippen LogP contribution in [0, 0.1) is 0 Å². The van der Waals surface area contributed by atoms with Crippen molar-refractivity contribution < 1.29 is 19.0 Å². The molecular weight excluding hydrogens is 320 g/mol. The lowest BCUT2D eigenvalue weighted by molar-refractivity contribution is -0.121. The zero-order valence-electron chi connectivity index (χ0n) is 15.0.